The highest BCUT2D eigenvalue weighted by atomic mass is 127. The summed E-state index contributed by atoms with van der Waals surface area (Å²) in [6.07, 6.45) is -3.55. The van der Waals surface area contributed by atoms with Crippen molar-refractivity contribution in [3.8, 4) is 11.5 Å². The molecular formula is C17H21F3IN3O2S. The number of alkyl halides is 3. The molecule has 150 valence electrons. The fourth-order valence-electron chi connectivity index (χ4n) is 2.09. The Hall–Kier alpha value is -1.69. The third-order valence-electron chi connectivity index (χ3n) is 3.31. The van der Waals surface area contributed by atoms with Gasteiger partial charge in [0.15, 0.2) is 24.1 Å². The van der Waals surface area contributed by atoms with Gasteiger partial charge >= 0.3 is 6.18 Å². The normalized spacial score (nSPS) is 11.6. The van der Waals surface area contributed by atoms with Crippen LogP contribution in [0.1, 0.15) is 10.4 Å². The molecule has 3 N–H and O–H groups in total. The Kier molecular flexibility index (Phi) is 9.70. The lowest BCUT2D eigenvalue weighted by molar-refractivity contribution is -0.153. The summed E-state index contributed by atoms with van der Waals surface area (Å²) < 4.78 is 46.6. The summed E-state index contributed by atoms with van der Waals surface area (Å²) in [6.45, 7) is -0.431. The first-order valence-corrected chi connectivity index (χ1v) is 8.68. The van der Waals surface area contributed by atoms with Gasteiger partial charge in [-0.05, 0) is 35.6 Å². The second-order valence-electron chi connectivity index (χ2n) is 5.35. The summed E-state index contributed by atoms with van der Waals surface area (Å²) in [4.78, 5) is 5.47. The molecule has 2 rings (SSSR count). The Bertz CT molecular complexity index is 725. The smallest absolute Gasteiger partial charge is 0.422 e. The van der Waals surface area contributed by atoms with Gasteiger partial charge in [-0.15, -0.1) is 35.3 Å². The van der Waals surface area contributed by atoms with Crippen LogP contribution in [0.25, 0.3) is 0 Å². The Balaban J connectivity index is 0.00000364. The fraction of sp³-hybridized carbons (Fsp3) is 0.353. The molecule has 0 unspecified atom stereocenters. The molecule has 27 heavy (non-hydrogen) atoms. The number of hydrogen-bond donors (Lipinski definition) is 2. The SMILES string of the molecule is COc1cc(CN=C(N)NCCc2cccs2)ccc1OCC(F)(F)F.I. The van der Waals surface area contributed by atoms with Gasteiger partial charge in [0, 0.05) is 11.4 Å². The lowest BCUT2D eigenvalue weighted by atomic mass is 10.2. The fourth-order valence-corrected chi connectivity index (χ4v) is 2.80. The minimum atomic E-state index is -4.41. The van der Waals surface area contributed by atoms with E-state index >= 15 is 0 Å². The minimum absolute atomic E-state index is 0. The van der Waals surface area contributed by atoms with Gasteiger partial charge in [0.25, 0.3) is 0 Å². The highest BCUT2D eigenvalue weighted by Gasteiger charge is 2.29. The molecule has 0 atom stereocenters. The van der Waals surface area contributed by atoms with Gasteiger partial charge in [0.05, 0.1) is 13.7 Å². The number of halogens is 4. The maximum atomic E-state index is 12.3. The Morgan fingerprint density at radius 2 is 2.04 bits per heavy atom. The van der Waals surface area contributed by atoms with Gasteiger partial charge in [0.2, 0.25) is 0 Å². The van der Waals surface area contributed by atoms with E-state index in [-0.39, 0.29) is 42.0 Å². The zero-order valence-corrected chi connectivity index (χ0v) is 17.7. The number of nitrogens with zero attached hydrogens (tertiary/aromatic N) is 1. The predicted octanol–water partition coefficient (Wildman–Crippen LogP) is 3.96. The van der Waals surface area contributed by atoms with Gasteiger partial charge in [-0.2, -0.15) is 13.2 Å². The van der Waals surface area contributed by atoms with E-state index in [1.54, 1.807) is 23.5 Å². The molecule has 0 aliphatic carbocycles. The molecule has 1 heterocycles. The van der Waals surface area contributed by atoms with E-state index in [9.17, 15) is 13.2 Å². The van der Waals surface area contributed by atoms with E-state index < -0.39 is 12.8 Å². The minimum Gasteiger partial charge on any atom is -0.493 e. The average molecular weight is 515 g/mol. The molecule has 0 aliphatic heterocycles. The van der Waals surface area contributed by atoms with E-state index in [0.717, 1.165) is 12.0 Å². The number of nitrogens with two attached hydrogens (primary N) is 1. The highest BCUT2D eigenvalue weighted by Crippen LogP contribution is 2.30. The van der Waals surface area contributed by atoms with Crippen LogP contribution in [0.3, 0.4) is 0 Å². The van der Waals surface area contributed by atoms with Gasteiger partial charge in [0.1, 0.15) is 0 Å². The van der Waals surface area contributed by atoms with Crippen LogP contribution in [0.4, 0.5) is 13.2 Å². The van der Waals surface area contributed by atoms with Gasteiger partial charge < -0.3 is 20.5 Å². The molecule has 5 nitrogen and oxygen atoms in total. The Morgan fingerprint density at radius 3 is 2.67 bits per heavy atom. The summed E-state index contributed by atoms with van der Waals surface area (Å²) in [5.41, 5.74) is 6.56. The number of aliphatic imine (C=N–C) groups is 1. The van der Waals surface area contributed by atoms with Crippen LogP contribution in [0.2, 0.25) is 0 Å². The van der Waals surface area contributed by atoms with E-state index in [1.165, 1.54) is 18.1 Å². The average Bonchev–Trinajstić information content (AvgIpc) is 3.11. The summed E-state index contributed by atoms with van der Waals surface area (Å²) in [7, 11) is 1.36. The van der Waals surface area contributed by atoms with E-state index in [0.29, 0.717) is 12.5 Å². The van der Waals surface area contributed by atoms with Gasteiger partial charge in [-0.1, -0.05) is 12.1 Å². The lowest BCUT2D eigenvalue weighted by Crippen LogP contribution is -2.33. The second kappa shape index (κ2) is 11.2. The molecule has 0 saturated heterocycles. The lowest BCUT2D eigenvalue weighted by Gasteiger charge is -2.13. The first-order chi connectivity index (χ1) is 12.4. The molecule has 0 radical (unpaired) electrons. The molecule has 10 heteroatoms. The highest BCUT2D eigenvalue weighted by molar-refractivity contribution is 14.0. The van der Waals surface area contributed by atoms with Crippen molar-refractivity contribution in [2.75, 3.05) is 20.3 Å². The molecule has 2 aromatic rings. The van der Waals surface area contributed by atoms with Crippen molar-refractivity contribution in [1.29, 1.82) is 0 Å². The Labute approximate surface area is 176 Å². The monoisotopic (exact) mass is 515 g/mol. The maximum Gasteiger partial charge on any atom is 0.422 e. The molecule has 0 amide bonds. The van der Waals surface area contributed by atoms with E-state index in [4.69, 9.17) is 15.2 Å². The molecule has 1 aromatic carbocycles. The largest absolute Gasteiger partial charge is 0.493 e. The number of rotatable bonds is 8. The van der Waals surface area contributed by atoms with Crippen LogP contribution in [-0.2, 0) is 13.0 Å². The number of hydrogen-bond acceptors (Lipinski definition) is 4. The van der Waals surface area contributed by atoms with Crippen LogP contribution >= 0.6 is 35.3 Å². The third-order valence-corrected chi connectivity index (χ3v) is 4.25. The van der Waals surface area contributed by atoms with Crippen LogP contribution in [0.5, 0.6) is 11.5 Å². The molecule has 0 fully saturated rings. The van der Waals surface area contributed by atoms with Gasteiger partial charge in [-0.25, -0.2) is 4.99 Å². The van der Waals surface area contributed by atoms with Crippen molar-refractivity contribution in [3.63, 3.8) is 0 Å². The number of methoxy groups -OCH3 is 1. The first-order valence-electron chi connectivity index (χ1n) is 7.80. The van der Waals surface area contributed by atoms with Crippen molar-refractivity contribution in [2.24, 2.45) is 10.7 Å². The molecule has 1 aromatic heterocycles. The summed E-state index contributed by atoms with van der Waals surface area (Å²) in [6, 6.07) is 8.67. The first kappa shape index (κ1) is 23.3. The van der Waals surface area contributed by atoms with E-state index in [2.05, 4.69) is 10.3 Å². The van der Waals surface area contributed by atoms with Gasteiger partial charge in [-0.3, -0.25) is 0 Å². The topological polar surface area (TPSA) is 68.9 Å². The van der Waals surface area contributed by atoms with Crippen LogP contribution in [-0.4, -0.2) is 32.4 Å². The van der Waals surface area contributed by atoms with Crippen molar-refractivity contribution in [2.45, 2.75) is 19.1 Å². The van der Waals surface area contributed by atoms with Crippen molar-refractivity contribution in [1.82, 2.24) is 5.32 Å². The van der Waals surface area contributed by atoms with Crippen LogP contribution < -0.4 is 20.5 Å². The number of nitrogens with one attached hydrogen (secondary N) is 1. The number of benzene rings is 1. The van der Waals surface area contributed by atoms with Crippen molar-refractivity contribution in [3.05, 3.63) is 46.2 Å². The molecule has 0 aliphatic rings. The summed E-state index contributed by atoms with van der Waals surface area (Å²) in [5.74, 6) is 0.545. The molecule has 0 bridgehead atoms. The van der Waals surface area contributed by atoms with Crippen molar-refractivity contribution >= 4 is 41.3 Å². The van der Waals surface area contributed by atoms with Crippen LogP contribution in [0, 0.1) is 0 Å². The standard InChI is InChI=1S/C17H20F3N3O2S.HI/c1-24-15-9-12(4-5-14(15)25-11-17(18,19)20)10-23-16(21)22-7-6-13-3-2-8-26-13;/h2-5,8-9H,6-7,10-11H2,1H3,(H3,21,22,23);1H. The number of thiophene rings is 1. The summed E-state index contributed by atoms with van der Waals surface area (Å²) in [5, 5.41) is 5.04. The number of ether oxygens (including phenoxy) is 2. The third kappa shape index (κ3) is 8.69. The molecule has 0 saturated carbocycles. The quantitative estimate of drug-likeness (QED) is 0.318. The molecular weight excluding hydrogens is 494 g/mol. The zero-order chi connectivity index (χ0) is 19.0. The van der Waals surface area contributed by atoms with E-state index in [1.807, 2.05) is 17.5 Å². The van der Waals surface area contributed by atoms with Crippen LogP contribution in [0.15, 0.2) is 40.7 Å². The zero-order valence-electron chi connectivity index (χ0n) is 14.6. The Morgan fingerprint density at radius 1 is 1.26 bits per heavy atom. The second-order valence-corrected chi connectivity index (χ2v) is 6.38. The number of guanidine groups is 1. The summed E-state index contributed by atoms with van der Waals surface area (Å²) >= 11 is 1.68. The predicted molar refractivity (Wildman–Crippen MR) is 111 cm³/mol. The van der Waals surface area contributed by atoms with Crippen molar-refractivity contribution < 1.29 is 22.6 Å². The maximum absolute atomic E-state index is 12.3. The molecule has 0 spiro atoms.